The van der Waals surface area contributed by atoms with Crippen LogP contribution in [0, 0.1) is 0 Å². The van der Waals surface area contributed by atoms with Crippen molar-refractivity contribution in [3.63, 3.8) is 0 Å². The van der Waals surface area contributed by atoms with Gasteiger partial charge in [0, 0.05) is 9.52 Å². The van der Waals surface area contributed by atoms with E-state index in [0.717, 1.165) is 5.02 Å². The normalized spacial score (nSPS) is 12.0. The summed E-state index contributed by atoms with van der Waals surface area (Å²) in [6, 6.07) is 0. The monoisotopic (exact) mass is 124 g/mol. The average Bonchev–Trinajstić information content (AvgIpc) is 1.38. The molecule has 0 radical (unpaired) electrons. The van der Waals surface area contributed by atoms with Gasteiger partial charge >= 0.3 is 0 Å². The van der Waals surface area contributed by atoms with Crippen LogP contribution in [0.25, 0.3) is 0 Å². The van der Waals surface area contributed by atoms with Crippen LogP contribution in [0.15, 0.2) is 0 Å². The molecule has 3 heteroatoms. The lowest BCUT2D eigenvalue weighted by Gasteiger charge is -1.89. The summed E-state index contributed by atoms with van der Waals surface area (Å²) in [4.78, 5) is 0. The van der Waals surface area contributed by atoms with Gasteiger partial charge in [-0.15, -0.1) is 18.5 Å². The maximum Gasteiger partial charge on any atom is 0.0296 e. The summed E-state index contributed by atoms with van der Waals surface area (Å²) in [5, 5.41) is 0.856. The molecule has 0 aliphatic rings. The SMILES string of the molecule is C[SiH2]C(P)P. The highest BCUT2D eigenvalue weighted by atomic mass is 31.1. The average molecular weight is 124 g/mol. The van der Waals surface area contributed by atoms with Crippen LogP contribution in [-0.4, -0.2) is 14.5 Å². The molecule has 0 aliphatic heterocycles. The van der Waals surface area contributed by atoms with Crippen LogP contribution in [0.5, 0.6) is 0 Å². The summed E-state index contributed by atoms with van der Waals surface area (Å²) in [5.41, 5.74) is 0. The van der Waals surface area contributed by atoms with Crippen LogP contribution in [0.1, 0.15) is 0 Å². The first-order valence-electron chi connectivity index (χ1n) is 1.78. The first-order valence-corrected chi connectivity index (χ1v) is 5.35. The highest BCUT2D eigenvalue weighted by molar-refractivity contribution is 7.42. The fourth-order valence-electron chi connectivity index (χ4n) is 0. The molecule has 0 heterocycles. The van der Waals surface area contributed by atoms with E-state index in [2.05, 4.69) is 25.0 Å². The third-order valence-corrected chi connectivity index (χ3v) is 4.24. The van der Waals surface area contributed by atoms with E-state index in [0.29, 0.717) is 0 Å². The zero-order chi connectivity index (χ0) is 4.28. The molecule has 0 amide bonds. The summed E-state index contributed by atoms with van der Waals surface area (Å²) < 4.78 is 0. The number of hydrogen-bond donors (Lipinski definition) is 0. The zero-order valence-corrected chi connectivity index (χ0v) is 7.16. The number of hydrogen-bond acceptors (Lipinski definition) is 0. The Morgan fingerprint density at radius 3 is 1.80 bits per heavy atom. The Bertz CT molecular complexity index is 21.6. The molecular weight excluding hydrogens is 114 g/mol. The van der Waals surface area contributed by atoms with Crippen LogP contribution in [-0.2, 0) is 0 Å². The first kappa shape index (κ1) is 6.08. The molecule has 0 nitrogen and oxygen atoms in total. The molecule has 2 unspecified atom stereocenters. The van der Waals surface area contributed by atoms with E-state index in [4.69, 9.17) is 0 Å². The van der Waals surface area contributed by atoms with Crippen LogP contribution in [0.4, 0.5) is 0 Å². The molecule has 0 N–H and O–H groups in total. The molecule has 0 saturated heterocycles. The highest BCUT2D eigenvalue weighted by Crippen LogP contribution is 2.04. The van der Waals surface area contributed by atoms with Gasteiger partial charge in [-0.05, 0) is 5.02 Å². The molecule has 5 heavy (non-hydrogen) atoms. The predicted octanol–water partition coefficient (Wildman–Crippen LogP) is 0.237. The van der Waals surface area contributed by atoms with Gasteiger partial charge in [-0.1, -0.05) is 6.55 Å². The van der Waals surface area contributed by atoms with Crippen molar-refractivity contribution in [2.45, 2.75) is 11.6 Å². The van der Waals surface area contributed by atoms with E-state index in [1.165, 1.54) is 0 Å². The van der Waals surface area contributed by atoms with Crippen LogP contribution in [0.2, 0.25) is 6.55 Å². The second kappa shape index (κ2) is 3.27. The highest BCUT2D eigenvalue weighted by Gasteiger charge is 1.81. The van der Waals surface area contributed by atoms with E-state index in [1.807, 2.05) is 0 Å². The topological polar surface area (TPSA) is 0 Å². The molecule has 0 fully saturated rings. The van der Waals surface area contributed by atoms with Crippen molar-refractivity contribution < 1.29 is 0 Å². The lowest BCUT2D eigenvalue weighted by molar-refractivity contribution is 1.93. The minimum Gasteiger partial charge on any atom is -0.134 e. The van der Waals surface area contributed by atoms with Crippen LogP contribution in [0.3, 0.4) is 0 Å². The Kier molecular flexibility index (Phi) is 3.98. The third-order valence-electron chi connectivity index (χ3n) is 0.471. The van der Waals surface area contributed by atoms with Crippen molar-refractivity contribution in [2.24, 2.45) is 0 Å². The molecule has 0 aromatic carbocycles. The third kappa shape index (κ3) is 5.08. The molecule has 0 bridgehead atoms. The summed E-state index contributed by atoms with van der Waals surface area (Å²) in [6.07, 6.45) is 0. The van der Waals surface area contributed by atoms with Gasteiger partial charge in [0.25, 0.3) is 0 Å². The van der Waals surface area contributed by atoms with Crippen molar-refractivity contribution in [3.05, 3.63) is 0 Å². The van der Waals surface area contributed by atoms with Crippen molar-refractivity contribution in [1.82, 2.24) is 0 Å². The summed E-state index contributed by atoms with van der Waals surface area (Å²) in [7, 11) is 5.79. The van der Waals surface area contributed by atoms with Crippen LogP contribution >= 0.6 is 18.5 Å². The van der Waals surface area contributed by atoms with Gasteiger partial charge in [0.1, 0.15) is 0 Å². The Balaban J connectivity index is 2.54. The first-order chi connectivity index (χ1) is 2.27. The van der Waals surface area contributed by atoms with Gasteiger partial charge in [0.2, 0.25) is 0 Å². The van der Waals surface area contributed by atoms with Crippen LogP contribution < -0.4 is 0 Å². The summed E-state index contributed by atoms with van der Waals surface area (Å²) in [6.45, 7) is 2.30. The van der Waals surface area contributed by atoms with Gasteiger partial charge in [-0.2, -0.15) is 0 Å². The fourth-order valence-corrected chi connectivity index (χ4v) is 0. The maximum atomic E-state index is 2.76. The standard InChI is InChI=1S/C2H10P2Si/c1-5-2(3)4/h2H,3-5H2,1H3. The molecule has 2 atom stereocenters. The van der Waals surface area contributed by atoms with Gasteiger partial charge in [-0.3, -0.25) is 0 Å². The van der Waals surface area contributed by atoms with Crippen molar-refractivity contribution in [2.75, 3.05) is 0 Å². The Morgan fingerprint density at radius 1 is 1.60 bits per heavy atom. The predicted molar refractivity (Wildman–Crippen MR) is 37.6 cm³/mol. The van der Waals surface area contributed by atoms with Gasteiger partial charge in [-0.25, -0.2) is 0 Å². The molecule has 0 saturated carbocycles. The zero-order valence-electron chi connectivity index (χ0n) is 3.44. The van der Waals surface area contributed by atoms with E-state index < -0.39 is 0 Å². The smallest absolute Gasteiger partial charge is 0.0296 e. The van der Waals surface area contributed by atoms with Crippen molar-refractivity contribution in [3.8, 4) is 0 Å². The second-order valence-corrected chi connectivity index (χ2v) is 7.20. The van der Waals surface area contributed by atoms with Gasteiger partial charge in [0.05, 0.1) is 0 Å². The van der Waals surface area contributed by atoms with Crippen molar-refractivity contribution in [1.29, 1.82) is 0 Å². The molecule has 0 spiro atoms. The van der Waals surface area contributed by atoms with Gasteiger partial charge in [0.15, 0.2) is 0 Å². The molecule has 0 aromatic rings. The number of rotatable bonds is 1. The molecule has 0 aromatic heterocycles. The Morgan fingerprint density at radius 2 is 1.80 bits per heavy atom. The molecular formula is C2H10P2Si. The van der Waals surface area contributed by atoms with E-state index in [1.54, 1.807) is 0 Å². The Labute approximate surface area is 40.3 Å². The minimum absolute atomic E-state index is 0.275. The molecule has 0 aliphatic carbocycles. The lowest BCUT2D eigenvalue weighted by Crippen LogP contribution is -1.89. The largest absolute Gasteiger partial charge is 0.134 e. The minimum atomic E-state index is 0.275. The maximum absolute atomic E-state index is 2.76. The lowest BCUT2D eigenvalue weighted by atomic mass is 11.8. The molecule has 0 rings (SSSR count). The fraction of sp³-hybridized carbons (Fsp3) is 1.00. The quantitative estimate of drug-likeness (QED) is 0.347. The second-order valence-electron chi connectivity index (χ2n) is 1.07. The van der Waals surface area contributed by atoms with E-state index in [9.17, 15) is 0 Å². The van der Waals surface area contributed by atoms with E-state index >= 15 is 0 Å². The summed E-state index contributed by atoms with van der Waals surface area (Å²) >= 11 is 0. The van der Waals surface area contributed by atoms with Crippen molar-refractivity contribution >= 4 is 28.0 Å². The van der Waals surface area contributed by atoms with Gasteiger partial charge < -0.3 is 0 Å². The van der Waals surface area contributed by atoms with E-state index in [-0.39, 0.29) is 9.52 Å². The summed E-state index contributed by atoms with van der Waals surface area (Å²) in [5.74, 6) is 0. The Hall–Kier alpha value is 1.08. The molecule has 32 valence electrons.